The van der Waals surface area contributed by atoms with Crippen LogP contribution in [0.1, 0.15) is 19.3 Å². The fraction of sp³-hybridized carbons (Fsp3) is 0.172. The Kier molecular flexibility index (Phi) is 5.77. The van der Waals surface area contributed by atoms with Gasteiger partial charge in [-0.2, -0.15) is 0 Å². The first-order valence-electron chi connectivity index (χ1n) is 12.0. The van der Waals surface area contributed by atoms with E-state index in [1.54, 1.807) is 23.5 Å². The highest BCUT2D eigenvalue weighted by molar-refractivity contribution is 7.19. The van der Waals surface area contributed by atoms with Crippen LogP contribution in [0.25, 0.3) is 43.7 Å². The lowest BCUT2D eigenvalue weighted by atomic mass is 10.0. The molecule has 5 aromatic rings. The van der Waals surface area contributed by atoms with Crippen LogP contribution in [-0.2, 0) is 4.79 Å². The Morgan fingerprint density at radius 2 is 1.75 bits per heavy atom. The number of anilines is 1. The second-order valence-corrected chi connectivity index (χ2v) is 10.1. The van der Waals surface area contributed by atoms with E-state index in [0.29, 0.717) is 0 Å². The number of benzene rings is 3. The molecular weight excluding hydrogens is 473 g/mol. The lowest BCUT2D eigenvalue weighted by molar-refractivity contribution is -0.137. The van der Waals surface area contributed by atoms with E-state index in [1.165, 1.54) is 12.1 Å². The van der Waals surface area contributed by atoms with Crippen molar-refractivity contribution in [3.05, 3.63) is 84.8 Å². The van der Waals surface area contributed by atoms with Gasteiger partial charge < -0.3 is 15.0 Å². The molecule has 2 N–H and O–H groups in total. The van der Waals surface area contributed by atoms with E-state index in [4.69, 9.17) is 4.98 Å². The van der Waals surface area contributed by atoms with Crippen molar-refractivity contribution >= 4 is 33.3 Å². The van der Waals surface area contributed by atoms with Crippen molar-refractivity contribution in [3.63, 3.8) is 0 Å². The number of carboxylic acids is 1. The van der Waals surface area contributed by atoms with Gasteiger partial charge in [0.1, 0.15) is 5.82 Å². The van der Waals surface area contributed by atoms with Crippen LogP contribution < -0.4 is 4.90 Å². The van der Waals surface area contributed by atoms with E-state index in [0.717, 1.165) is 68.2 Å². The summed E-state index contributed by atoms with van der Waals surface area (Å²) in [5, 5.41) is 11.4. The molecular formula is C29H24FN3O2S. The quantitative estimate of drug-likeness (QED) is 0.260. The van der Waals surface area contributed by atoms with E-state index in [1.807, 2.05) is 24.4 Å². The Balaban J connectivity index is 1.45. The number of halogens is 1. The highest BCUT2D eigenvalue weighted by Gasteiger charge is 2.30. The van der Waals surface area contributed by atoms with Crippen molar-refractivity contribution in [2.24, 2.45) is 0 Å². The summed E-state index contributed by atoms with van der Waals surface area (Å²) in [4.78, 5) is 23.1. The van der Waals surface area contributed by atoms with E-state index >= 15 is 0 Å². The Morgan fingerprint density at radius 3 is 2.50 bits per heavy atom. The predicted molar refractivity (Wildman–Crippen MR) is 143 cm³/mol. The maximum absolute atomic E-state index is 13.4. The lowest BCUT2D eigenvalue weighted by Crippen LogP contribution is -2.31. The number of carboxylic acid groups (broad SMARTS) is 1. The number of carbonyl (C=O) groups is 1. The van der Waals surface area contributed by atoms with Crippen molar-refractivity contribution in [2.45, 2.75) is 25.3 Å². The Morgan fingerprint density at radius 1 is 1.03 bits per heavy atom. The number of H-pyrrole nitrogens is 1. The van der Waals surface area contributed by atoms with Crippen molar-refractivity contribution in [1.82, 2.24) is 9.97 Å². The summed E-state index contributed by atoms with van der Waals surface area (Å²) in [6, 6.07) is 22.9. The van der Waals surface area contributed by atoms with Crippen molar-refractivity contribution in [1.29, 1.82) is 0 Å². The molecule has 36 heavy (non-hydrogen) atoms. The molecule has 0 saturated carbocycles. The second kappa shape index (κ2) is 9.24. The van der Waals surface area contributed by atoms with Crippen molar-refractivity contribution < 1.29 is 14.3 Å². The van der Waals surface area contributed by atoms with Crippen LogP contribution in [0.3, 0.4) is 0 Å². The Bertz CT molecular complexity index is 1540. The molecule has 0 aliphatic carbocycles. The van der Waals surface area contributed by atoms with Crippen LogP contribution in [0.2, 0.25) is 0 Å². The zero-order valence-electron chi connectivity index (χ0n) is 19.4. The molecule has 3 aromatic carbocycles. The van der Waals surface area contributed by atoms with Crippen LogP contribution in [-0.4, -0.2) is 33.6 Å². The van der Waals surface area contributed by atoms with Gasteiger partial charge in [0.2, 0.25) is 0 Å². The maximum Gasteiger partial charge on any atom is 0.305 e. The molecule has 7 heteroatoms. The van der Waals surface area contributed by atoms with Gasteiger partial charge in [-0.05, 0) is 48.2 Å². The molecule has 6 rings (SSSR count). The average Bonchev–Trinajstić information content (AvgIpc) is 3.63. The van der Waals surface area contributed by atoms with Crippen LogP contribution in [0.15, 0.2) is 79.0 Å². The molecule has 5 nitrogen and oxygen atoms in total. The van der Waals surface area contributed by atoms with Gasteiger partial charge in [0, 0.05) is 40.8 Å². The fourth-order valence-corrected chi connectivity index (χ4v) is 6.28. The molecule has 1 aliphatic rings. The third kappa shape index (κ3) is 4.16. The van der Waals surface area contributed by atoms with E-state index < -0.39 is 5.97 Å². The molecule has 0 radical (unpaired) electrons. The molecule has 180 valence electrons. The van der Waals surface area contributed by atoms with Gasteiger partial charge in [-0.3, -0.25) is 4.79 Å². The first-order chi connectivity index (χ1) is 17.6. The molecule has 0 spiro atoms. The monoisotopic (exact) mass is 497 g/mol. The maximum atomic E-state index is 13.4. The van der Waals surface area contributed by atoms with Crippen molar-refractivity contribution in [3.8, 4) is 32.8 Å². The lowest BCUT2D eigenvalue weighted by Gasteiger charge is -2.22. The number of aromatic amines is 1. The molecule has 0 bridgehead atoms. The summed E-state index contributed by atoms with van der Waals surface area (Å²) < 4.78 is 13.4. The molecule has 1 unspecified atom stereocenters. The van der Waals surface area contributed by atoms with Gasteiger partial charge in [-0.1, -0.05) is 59.9 Å². The zero-order valence-corrected chi connectivity index (χ0v) is 20.3. The summed E-state index contributed by atoms with van der Waals surface area (Å²) in [6.07, 6.45) is 3.87. The third-order valence-corrected chi connectivity index (χ3v) is 7.95. The summed E-state index contributed by atoms with van der Waals surface area (Å²) in [5.74, 6) is -1.03. The number of aromatic nitrogens is 2. The number of rotatable bonds is 6. The van der Waals surface area contributed by atoms with Crippen LogP contribution >= 0.6 is 11.3 Å². The largest absolute Gasteiger partial charge is 0.481 e. The number of hydrogen-bond acceptors (Lipinski definition) is 4. The predicted octanol–water partition coefficient (Wildman–Crippen LogP) is 7.21. The molecule has 1 aliphatic heterocycles. The smallest absolute Gasteiger partial charge is 0.305 e. The molecule has 0 amide bonds. The van der Waals surface area contributed by atoms with E-state index in [9.17, 15) is 14.3 Å². The molecule has 1 fully saturated rings. The van der Waals surface area contributed by atoms with Crippen LogP contribution in [0, 0.1) is 5.82 Å². The minimum atomic E-state index is -0.780. The van der Waals surface area contributed by atoms with Gasteiger partial charge in [-0.15, -0.1) is 0 Å². The average molecular weight is 498 g/mol. The van der Waals surface area contributed by atoms with Gasteiger partial charge in [0.15, 0.2) is 5.13 Å². The first-order valence-corrected chi connectivity index (χ1v) is 12.8. The zero-order chi connectivity index (χ0) is 24.6. The van der Waals surface area contributed by atoms with Crippen molar-refractivity contribution in [2.75, 3.05) is 11.4 Å². The standard InChI is InChI=1S/C29H24FN3O2S/c30-21-12-10-19(11-13-21)18-6-8-20(9-7-18)27-28(24-4-1-5-25-23(24)14-15-31-25)36-29(32-27)33-16-2-3-22(33)17-26(34)35/h1,4-15,22,31H,2-3,16-17H2,(H,34,35). The Labute approximate surface area is 211 Å². The third-order valence-electron chi connectivity index (χ3n) is 6.82. The number of aliphatic carboxylic acids is 1. The molecule has 1 atom stereocenters. The topological polar surface area (TPSA) is 69.2 Å². The number of thiazole rings is 1. The summed E-state index contributed by atoms with van der Waals surface area (Å²) in [6.45, 7) is 0.808. The summed E-state index contributed by atoms with van der Waals surface area (Å²) in [7, 11) is 0. The minimum Gasteiger partial charge on any atom is -0.481 e. The highest BCUT2D eigenvalue weighted by atomic mass is 32.1. The number of nitrogens with one attached hydrogen (secondary N) is 1. The number of hydrogen-bond donors (Lipinski definition) is 2. The Hall–Kier alpha value is -3.97. The molecule has 1 saturated heterocycles. The normalized spacial score (nSPS) is 15.6. The molecule has 3 heterocycles. The number of fused-ring (bicyclic) bond motifs is 1. The molecule has 2 aromatic heterocycles. The van der Waals surface area contributed by atoms with Crippen LogP contribution in [0.5, 0.6) is 0 Å². The number of nitrogens with zero attached hydrogens (tertiary/aromatic N) is 2. The van der Waals surface area contributed by atoms with E-state index in [-0.39, 0.29) is 18.3 Å². The van der Waals surface area contributed by atoms with Gasteiger partial charge in [-0.25, -0.2) is 9.37 Å². The van der Waals surface area contributed by atoms with Gasteiger partial charge in [0.05, 0.1) is 17.0 Å². The first kappa shape index (κ1) is 22.5. The SMILES string of the molecule is O=C(O)CC1CCCN1c1nc(-c2ccc(-c3ccc(F)cc3)cc2)c(-c2cccc3[nH]ccc23)s1. The van der Waals surface area contributed by atoms with Gasteiger partial charge >= 0.3 is 5.97 Å². The fourth-order valence-electron chi connectivity index (χ4n) is 5.06. The summed E-state index contributed by atoms with van der Waals surface area (Å²) >= 11 is 1.62. The van der Waals surface area contributed by atoms with Gasteiger partial charge in [0.25, 0.3) is 0 Å². The minimum absolute atomic E-state index is 0.0433. The second-order valence-electron chi connectivity index (χ2n) is 9.09. The summed E-state index contributed by atoms with van der Waals surface area (Å²) in [5.41, 5.74) is 5.99. The van der Waals surface area contributed by atoms with Crippen LogP contribution in [0.4, 0.5) is 9.52 Å². The highest BCUT2D eigenvalue weighted by Crippen LogP contribution is 2.44. The van der Waals surface area contributed by atoms with E-state index in [2.05, 4.69) is 40.2 Å².